The van der Waals surface area contributed by atoms with Crippen LogP contribution in [0.3, 0.4) is 0 Å². The van der Waals surface area contributed by atoms with E-state index in [-0.39, 0.29) is 5.91 Å². The molecule has 0 N–H and O–H groups in total. The van der Waals surface area contributed by atoms with Gasteiger partial charge < -0.3 is 9.64 Å². The van der Waals surface area contributed by atoms with Crippen molar-refractivity contribution in [3.63, 3.8) is 0 Å². The van der Waals surface area contributed by atoms with Crippen molar-refractivity contribution in [2.45, 2.75) is 20.0 Å². The van der Waals surface area contributed by atoms with Gasteiger partial charge in [-0.2, -0.15) is 0 Å². The summed E-state index contributed by atoms with van der Waals surface area (Å²) < 4.78 is 5.94. The normalized spacial score (nSPS) is 14.0. The van der Waals surface area contributed by atoms with Gasteiger partial charge in [-0.05, 0) is 36.6 Å². The molecule has 1 aliphatic heterocycles. The Morgan fingerprint density at radius 2 is 1.97 bits per heavy atom. The molecule has 2 aromatic carbocycles. The van der Waals surface area contributed by atoms with Crippen LogP contribution in [0.5, 0.6) is 5.75 Å². The second-order valence-corrected chi connectivity index (χ2v) is 8.21. The number of hydrogen-bond donors (Lipinski definition) is 0. The Bertz CT molecular complexity index is 1070. The molecule has 0 unspecified atom stereocenters. The van der Waals surface area contributed by atoms with E-state index in [2.05, 4.69) is 23.2 Å². The molecular formula is C25H24N2O2S. The summed E-state index contributed by atoms with van der Waals surface area (Å²) in [4.78, 5) is 19.0. The van der Waals surface area contributed by atoms with Crippen molar-refractivity contribution in [1.29, 1.82) is 0 Å². The van der Waals surface area contributed by atoms with Gasteiger partial charge in [0, 0.05) is 30.1 Å². The molecule has 4 nitrogen and oxygen atoms in total. The number of nitrogens with zero attached hydrogens (tertiary/aromatic N) is 2. The summed E-state index contributed by atoms with van der Waals surface area (Å²) in [7, 11) is 0. The summed E-state index contributed by atoms with van der Waals surface area (Å²) in [5.41, 5.74) is 4.35. The maximum atomic E-state index is 12.7. The first-order valence-corrected chi connectivity index (χ1v) is 10.9. The molecule has 0 saturated heterocycles. The average molecular weight is 417 g/mol. The summed E-state index contributed by atoms with van der Waals surface area (Å²) >= 11 is 1.61. The number of aryl methyl sites for hydroxylation is 1. The highest BCUT2D eigenvalue weighted by Crippen LogP contribution is 2.23. The van der Waals surface area contributed by atoms with Crippen molar-refractivity contribution in [1.82, 2.24) is 9.88 Å². The van der Waals surface area contributed by atoms with Crippen LogP contribution in [0, 0.1) is 6.92 Å². The summed E-state index contributed by atoms with van der Waals surface area (Å²) in [6.45, 7) is 3.76. The number of hydrogen-bond acceptors (Lipinski definition) is 4. The first-order valence-electron chi connectivity index (χ1n) is 10.0. The van der Waals surface area contributed by atoms with E-state index in [0.29, 0.717) is 13.2 Å². The Labute approximate surface area is 181 Å². The van der Waals surface area contributed by atoms with Gasteiger partial charge in [0.25, 0.3) is 0 Å². The van der Waals surface area contributed by atoms with Crippen LogP contribution in [0.2, 0.25) is 0 Å². The summed E-state index contributed by atoms with van der Waals surface area (Å²) in [5.74, 6) is 0.764. The van der Waals surface area contributed by atoms with Gasteiger partial charge in [-0.25, -0.2) is 4.98 Å². The number of thiazole rings is 1. The first kappa shape index (κ1) is 20.1. The Hall–Kier alpha value is -3.18. The molecule has 30 heavy (non-hydrogen) atoms. The maximum absolute atomic E-state index is 12.7. The lowest BCUT2D eigenvalue weighted by atomic mass is 9.99. The molecule has 5 heteroatoms. The van der Waals surface area contributed by atoms with Crippen LogP contribution >= 0.6 is 11.3 Å². The first-order chi connectivity index (χ1) is 14.7. The zero-order chi connectivity index (χ0) is 20.8. The van der Waals surface area contributed by atoms with Crippen molar-refractivity contribution in [3.8, 4) is 5.75 Å². The largest absolute Gasteiger partial charge is 0.487 e. The fourth-order valence-corrected chi connectivity index (χ4v) is 4.02. The molecule has 3 aromatic rings. The van der Waals surface area contributed by atoms with Crippen LogP contribution in [0.15, 0.2) is 72.1 Å². The number of rotatable bonds is 6. The third kappa shape index (κ3) is 5.05. The molecule has 0 fully saturated rings. The molecule has 1 aliphatic rings. The van der Waals surface area contributed by atoms with Crippen LogP contribution in [0.1, 0.15) is 28.2 Å². The van der Waals surface area contributed by atoms with Gasteiger partial charge in [-0.3, -0.25) is 4.79 Å². The number of ether oxygens (including phenoxy) is 1. The number of aromatic nitrogens is 1. The van der Waals surface area contributed by atoms with Gasteiger partial charge in [0.1, 0.15) is 12.4 Å². The zero-order valence-corrected chi connectivity index (χ0v) is 17.8. The highest BCUT2D eigenvalue weighted by Gasteiger charge is 2.16. The average Bonchev–Trinajstić information content (AvgIpc) is 3.22. The molecule has 2 heterocycles. The maximum Gasteiger partial charge on any atom is 0.246 e. The molecule has 0 aliphatic carbocycles. The minimum Gasteiger partial charge on any atom is -0.487 e. The SMILES string of the molecule is Cc1nc(COc2ccccc2C=CC(=O)N2CC=C(c3ccccc3)CC2)cs1. The predicted molar refractivity (Wildman–Crippen MR) is 122 cm³/mol. The number of carbonyl (C=O) groups is 1. The molecule has 1 amide bonds. The Morgan fingerprint density at radius 1 is 1.17 bits per heavy atom. The van der Waals surface area contributed by atoms with Crippen molar-refractivity contribution in [2.24, 2.45) is 0 Å². The second kappa shape index (κ2) is 9.55. The number of para-hydroxylation sites is 1. The van der Waals surface area contributed by atoms with Gasteiger partial charge >= 0.3 is 0 Å². The van der Waals surface area contributed by atoms with Gasteiger partial charge in [0.05, 0.1) is 10.7 Å². The van der Waals surface area contributed by atoms with Crippen LogP contribution in [0.25, 0.3) is 11.6 Å². The summed E-state index contributed by atoms with van der Waals surface area (Å²) in [5, 5.41) is 3.03. The van der Waals surface area contributed by atoms with E-state index >= 15 is 0 Å². The number of benzene rings is 2. The second-order valence-electron chi connectivity index (χ2n) is 7.15. The van der Waals surface area contributed by atoms with Crippen molar-refractivity contribution in [3.05, 3.63) is 94.0 Å². The van der Waals surface area contributed by atoms with Crippen LogP contribution in [-0.4, -0.2) is 28.9 Å². The molecule has 152 valence electrons. The molecule has 1 aromatic heterocycles. The third-order valence-electron chi connectivity index (χ3n) is 5.03. The lowest BCUT2D eigenvalue weighted by molar-refractivity contribution is -0.125. The van der Waals surface area contributed by atoms with Gasteiger partial charge in [0.15, 0.2) is 0 Å². The number of amides is 1. The van der Waals surface area contributed by atoms with E-state index < -0.39 is 0 Å². The smallest absolute Gasteiger partial charge is 0.246 e. The lowest BCUT2D eigenvalue weighted by Gasteiger charge is -2.25. The van der Waals surface area contributed by atoms with E-state index in [1.165, 1.54) is 11.1 Å². The highest BCUT2D eigenvalue weighted by atomic mass is 32.1. The molecular weight excluding hydrogens is 392 g/mol. The summed E-state index contributed by atoms with van der Waals surface area (Å²) in [6.07, 6.45) is 6.49. The molecule has 0 atom stereocenters. The fourth-order valence-electron chi connectivity index (χ4n) is 3.43. The number of carbonyl (C=O) groups excluding carboxylic acids is 1. The highest BCUT2D eigenvalue weighted by molar-refractivity contribution is 7.09. The van der Waals surface area contributed by atoms with E-state index in [4.69, 9.17) is 4.74 Å². The van der Waals surface area contributed by atoms with Gasteiger partial charge in [-0.1, -0.05) is 54.6 Å². The quantitative estimate of drug-likeness (QED) is 0.508. The fraction of sp³-hybridized carbons (Fsp3) is 0.200. The Morgan fingerprint density at radius 3 is 2.70 bits per heavy atom. The van der Waals surface area contributed by atoms with Crippen molar-refractivity contribution < 1.29 is 9.53 Å². The van der Waals surface area contributed by atoms with Crippen LogP contribution in [-0.2, 0) is 11.4 Å². The monoisotopic (exact) mass is 416 g/mol. The van der Waals surface area contributed by atoms with Crippen LogP contribution in [0.4, 0.5) is 0 Å². The van der Waals surface area contributed by atoms with Crippen LogP contribution < -0.4 is 4.74 Å². The lowest BCUT2D eigenvalue weighted by Crippen LogP contribution is -2.33. The topological polar surface area (TPSA) is 42.4 Å². The van der Waals surface area contributed by atoms with Crippen molar-refractivity contribution in [2.75, 3.05) is 13.1 Å². The summed E-state index contributed by atoms with van der Waals surface area (Å²) in [6, 6.07) is 18.1. The van der Waals surface area contributed by atoms with E-state index in [9.17, 15) is 4.79 Å². The van der Waals surface area contributed by atoms with Gasteiger partial charge in [-0.15, -0.1) is 11.3 Å². The van der Waals surface area contributed by atoms with Crippen molar-refractivity contribution >= 4 is 28.9 Å². The third-order valence-corrected chi connectivity index (χ3v) is 5.85. The molecule has 0 bridgehead atoms. The Balaban J connectivity index is 1.38. The zero-order valence-electron chi connectivity index (χ0n) is 17.0. The molecule has 0 radical (unpaired) electrons. The minimum atomic E-state index is 0.0169. The molecule has 0 saturated carbocycles. The van der Waals surface area contributed by atoms with E-state index in [1.807, 2.05) is 65.7 Å². The predicted octanol–water partition coefficient (Wildman–Crippen LogP) is 5.36. The Kier molecular flexibility index (Phi) is 6.40. The standard InChI is InChI=1S/C25H24N2O2S/c1-19-26-23(18-30-19)17-29-24-10-6-5-9-22(24)11-12-25(28)27-15-13-21(14-16-27)20-7-3-2-4-8-20/h2-13,18H,14-17H2,1H3. The minimum absolute atomic E-state index is 0.0169. The molecule has 4 rings (SSSR count). The molecule has 0 spiro atoms. The van der Waals surface area contributed by atoms with E-state index in [1.54, 1.807) is 17.4 Å². The van der Waals surface area contributed by atoms with Gasteiger partial charge in [0.2, 0.25) is 5.91 Å². The van der Waals surface area contributed by atoms with E-state index in [0.717, 1.165) is 35.0 Å².